The highest BCUT2D eigenvalue weighted by Crippen LogP contribution is 2.29. The van der Waals surface area contributed by atoms with Crippen LogP contribution in [0.25, 0.3) is 0 Å². The number of carbonyl (C=O) groups is 1. The highest BCUT2D eigenvalue weighted by Gasteiger charge is 2.23. The number of hydrogen-bond acceptors (Lipinski definition) is 5. The fraction of sp³-hybridized carbons (Fsp3) is 0.263. The molecule has 0 radical (unpaired) electrons. The van der Waals surface area contributed by atoms with Gasteiger partial charge in [0.1, 0.15) is 6.61 Å². The first-order valence-corrected chi connectivity index (χ1v) is 8.43. The minimum Gasteiger partial charge on any atom is -0.493 e. The molecular formula is C19H23IN4O4. The Bertz CT molecular complexity index is 842. The predicted molar refractivity (Wildman–Crippen MR) is 119 cm³/mol. The number of nitrogens with one attached hydrogen (secondary N) is 1. The zero-order valence-electron chi connectivity index (χ0n) is 15.7. The summed E-state index contributed by atoms with van der Waals surface area (Å²) >= 11 is 0. The average molecular weight is 498 g/mol. The molecule has 0 bridgehead atoms. The molecule has 0 atom stereocenters. The van der Waals surface area contributed by atoms with E-state index in [0.29, 0.717) is 31.2 Å². The van der Waals surface area contributed by atoms with Crippen LogP contribution in [-0.4, -0.2) is 39.4 Å². The third-order valence-corrected chi connectivity index (χ3v) is 4.10. The largest absolute Gasteiger partial charge is 0.493 e. The lowest BCUT2D eigenvalue weighted by molar-refractivity contribution is 0.181. The maximum atomic E-state index is 11.6. The van der Waals surface area contributed by atoms with E-state index in [2.05, 4.69) is 10.3 Å². The second kappa shape index (κ2) is 10.0. The number of carbonyl (C=O) groups excluding carboxylic acids is 1. The lowest BCUT2D eigenvalue weighted by atomic mass is 10.2. The normalized spacial score (nSPS) is 13.6. The molecule has 1 amide bonds. The molecule has 3 rings (SSSR count). The first-order chi connectivity index (χ1) is 13.1. The number of ether oxygens (including phenoxy) is 3. The number of cyclic esters (lactones) is 1. The van der Waals surface area contributed by atoms with Crippen molar-refractivity contribution in [2.45, 2.75) is 6.54 Å². The van der Waals surface area contributed by atoms with E-state index in [4.69, 9.17) is 19.9 Å². The molecular weight excluding hydrogens is 475 g/mol. The van der Waals surface area contributed by atoms with Gasteiger partial charge in [-0.05, 0) is 29.8 Å². The summed E-state index contributed by atoms with van der Waals surface area (Å²) in [5.41, 5.74) is 8.49. The smallest absolute Gasteiger partial charge is 0.414 e. The molecule has 1 saturated heterocycles. The molecule has 150 valence electrons. The van der Waals surface area contributed by atoms with Gasteiger partial charge >= 0.3 is 6.09 Å². The molecule has 0 aromatic heterocycles. The maximum absolute atomic E-state index is 11.6. The number of halogens is 1. The van der Waals surface area contributed by atoms with Crippen LogP contribution in [0.2, 0.25) is 0 Å². The van der Waals surface area contributed by atoms with E-state index in [0.717, 1.165) is 16.9 Å². The van der Waals surface area contributed by atoms with Gasteiger partial charge in [-0.25, -0.2) is 9.79 Å². The maximum Gasteiger partial charge on any atom is 0.414 e. The molecule has 1 fully saturated rings. The zero-order valence-corrected chi connectivity index (χ0v) is 18.0. The minimum atomic E-state index is -0.316. The first kappa shape index (κ1) is 21.6. The molecule has 0 aliphatic carbocycles. The molecule has 1 aliphatic heterocycles. The SMILES string of the molecule is COc1ccc(NC(N)=NCc2ccc(N3CCOC3=O)cc2)cc1OC.I. The van der Waals surface area contributed by atoms with Gasteiger partial charge in [0.15, 0.2) is 17.5 Å². The Kier molecular flexibility index (Phi) is 7.73. The standard InChI is InChI=1S/C19H22N4O4.HI/c1-25-16-8-5-14(11-17(16)26-2)22-18(20)21-12-13-3-6-15(7-4-13)23-9-10-27-19(23)24;/h3-8,11H,9-10,12H2,1-2H3,(H3,20,21,22);1H. The number of amides is 1. The van der Waals surface area contributed by atoms with Gasteiger partial charge in [-0.2, -0.15) is 0 Å². The van der Waals surface area contributed by atoms with Gasteiger partial charge in [0.25, 0.3) is 0 Å². The van der Waals surface area contributed by atoms with Crippen LogP contribution in [0.1, 0.15) is 5.56 Å². The first-order valence-electron chi connectivity index (χ1n) is 8.43. The van der Waals surface area contributed by atoms with Crippen molar-refractivity contribution in [2.24, 2.45) is 10.7 Å². The number of aliphatic imine (C=N–C) groups is 1. The Morgan fingerprint density at radius 3 is 2.50 bits per heavy atom. The average Bonchev–Trinajstić information content (AvgIpc) is 3.12. The summed E-state index contributed by atoms with van der Waals surface area (Å²) in [4.78, 5) is 17.5. The molecule has 0 unspecified atom stereocenters. The van der Waals surface area contributed by atoms with Crippen molar-refractivity contribution in [3.8, 4) is 11.5 Å². The van der Waals surface area contributed by atoms with Gasteiger partial charge in [-0.1, -0.05) is 12.1 Å². The van der Waals surface area contributed by atoms with Gasteiger partial charge in [0.2, 0.25) is 0 Å². The molecule has 28 heavy (non-hydrogen) atoms. The zero-order chi connectivity index (χ0) is 19.2. The van der Waals surface area contributed by atoms with Crippen LogP contribution in [0.3, 0.4) is 0 Å². The lowest BCUT2D eigenvalue weighted by Gasteiger charge is -2.13. The van der Waals surface area contributed by atoms with Crippen LogP contribution in [0.4, 0.5) is 16.2 Å². The molecule has 2 aromatic rings. The van der Waals surface area contributed by atoms with E-state index in [-0.39, 0.29) is 36.0 Å². The summed E-state index contributed by atoms with van der Waals surface area (Å²) in [5.74, 6) is 1.53. The molecule has 1 heterocycles. The van der Waals surface area contributed by atoms with E-state index in [1.165, 1.54) is 0 Å². The Labute approximate surface area is 180 Å². The van der Waals surface area contributed by atoms with E-state index in [9.17, 15) is 4.79 Å². The third-order valence-electron chi connectivity index (χ3n) is 4.10. The summed E-state index contributed by atoms with van der Waals surface area (Å²) in [5, 5.41) is 3.02. The summed E-state index contributed by atoms with van der Waals surface area (Å²) in [6.45, 7) is 1.40. The number of benzene rings is 2. The Morgan fingerprint density at radius 1 is 1.18 bits per heavy atom. The van der Waals surface area contributed by atoms with Crippen LogP contribution < -0.4 is 25.4 Å². The fourth-order valence-corrected chi connectivity index (χ4v) is 2.69. The van der Waals surface area contributed by atoms with E-state index < -0.39 is 0 Å². The fourth-order valence-electron chi connectivity index (χ4n) is 2.69. The third kappa shape index (κ3) is 5.18. The van der Waals surface area contributed by atoms with Gasteiger partial charge in [-0.15, -0.1) is 24.0 Å². The monoisotopic (exact) mass is 498 g/mol. The van der Waals surface area contributed by atoms with Gasteiger partial charge < -0.3 is 25.3 Å². The highest BCUT2D eigenvalue weighted by atomic mass is 127. The Morgan fingerprint density at radius 2 is 1.89 bits per heavy atom. The number of rotatable bonds is 6. The van der Waals surface area contributed by atoms with Gasteiger partial charge in [-0.3, -0.25) is 4.90 Å². The highest BCUT2D eigenvalue weighted by molar-refractivity contribution is 14.0. The molecule has 9 heteroatoms. The number of nitrogens with zero attached hydrogens (tertiary/aromatic N) is 2. The van der Waals surface area contributed by atoms with Gasteiger partial charge in [0.05, 0.1) is 27.3 Å². The Hall–Kier alpha value is -2.69. The van der Waals surface area contributed by atoms with Crippen LogP contribution in [0.5, 0.6) is 11.5 Å². The van der Waals surface area contributed by atoms with Crippen LogP contribution in [0.15, 0.2) is 47.5 Å². The van der Waals surface area contributed by atoms with Crippen molar-refractivity contribution in [3.05, 3.63) is 48.0 Å². The van der Waals surface area contributed by atoms with E-state index in [1.54, 1.807) is 31.3 Å². The molecule has 3 N–H and O–H groups in total. The molecule has 0 saturated carbocycles. The van der Waals surface area contributed by atoms with E-state index >= 15 is 0 Å². The topological polar surface area (TPSA) is 98.4 Å². The Balaban J connectivity index is 0.00000280. The lowest BCUT2D eigenvalue weighted by Crippen LogP contribution is -2.23. The minimum absolute atomic E-state index is 0. The summed E-state index contributed by atoms with van der Waals surface area (Å²) in [6, 6.07) is 13.0. The molecule has 8 nitrogen and oxygen atoms in total. The molecule has 2 aromatic carbocycles. The number of methoxy groups -OCH3 is 2. The van der Waals surface area contributed by atoms with Crippen molar-refractivity contribution in [2.75, 3.05) is 37.6 Å². The summed E-state index contributed by atoms with van der Waals surface area (Å²) < 4.78 is 15.4. The number of guanidine groups is 1. The van der Waals surface area contributed by atoms with Crippen molar-refractivity contribution in [1.29, 1.82) is 0 Å². The van der Waals surface area contributed by atoms with Crippen LogP contribution in [-0.2, 0) is 11.3 Å². The van der Waals surface area contributed by atoms with E-state index in [1.807, 2.05) is 30.3 Å². The molecule has 0 spiro atoms. The predicted octanol–water partition coefficient (Wildman–Crippen LogP) is 3.21. The number of anilines is 2. The summed E-state index contributed by atoms with van der Waals surface area (Å²) in [7, 11) is 3.16. The van der Waals surface area contributed by atoms with Crippen molar-refractivity contribution in [1.82, 2.24) is 0 Å². The second-order valence-corrected chi connectivity index (χ2v) is 5.83. The molecule has 1 aliphatic rings. The number of hydrogen-bond donors (Lipinski definition) is 2. The quantitative estimate of drug-likeness (QED) is 0.361. The summed E-state index contributed by atoms with van der Waals surface area (Å²) in [6.07, 6.45) is -0.316. The van der Waals surface area contributed by atoms with Gasteiger partial charge in [0, 0.05) is 17.4 Å². The van der Waals surface area contributed by atoms with Crippen LogP contribution >= 0.6 is 24.0 Å². The van der Waals surface area contributed by atoms with Crippen molar-refractivity contribution >= 4 is 47.4 Å². The second-order valence-electron chi connectivity index (χ2n) is 5.83. The van der Waals surface area contributed by atoms with Crippen molar-refractivity contribution in [3.63, 3.8) is 0 Å². The van der Waals surface area contributed by atoms with Crippen LogP contribution in [0, 0.1) is 0 Å². The van der Waals surface area contributed by atoms with Crippen molar-refractivity contribution < 1.29 is 19.0 Å². The number of nitrogens with two attached hydrogens (primary N) is 1.